The van der Waals surface area contributed by atoms with Crippen LogP contribution in [-0.4, -0.2) is 88.4 Å². The third-order valence-electron chi connectivity index (χ3n) is 9.25. The Kier molecular flexibility index (Phi) is 11.1. The summed E-state index contributed by atoms with van der Waals surface area (Å²) in [6.07, 6.45) is 2.96. The molecule has 2 unspecified atom stereocenters. The van der Waals surface area contributed by atoms with E-state index < -0.39 is 64.5 Å². The number of carbonyl (C=O) groups is 7. The number of imide groups is 1. The van der Waals surface area contributed by atoms with Crippen molar-refractivity contribution in [2.24, 2.45) is 34.3 Å². The lowest BCUT2D eigenvalue weighted by Gasteiger charge is -2.38. The highest BCUT2D eigenvalue weighted by Crippen LogP contribution is 2.36. The zero-order valence-electron chi connectivity index (χ0n) is 28.0. The zero-order chi connectivity index (χ0) is 34.0. The van der Waals surface area contributed by atoms with E-state index in [0.717, 1.165) is 12.8 Å². The molecular formula is C32H52N6O7. The Bertz CT molecular complexity index is 1180. The number of hydrogen-bond donors (Lipinski definition) is 4. The van der Waals surface area contributed by atoms with Crippen molar-refractivity contribution in [3.05, 3.63) is 0 Å². The molecule has 0 aromatic heterocycles. The first-order chi connectivity index (χ1) is 20.7. The molecule has 0 spiro atoms. The van der Waals surface area contributed by atoms with E-state index in [0.29, 0.717) is 12.8 Å². The number of likely N-dealkylation sites (tertiary alicyclic amines) is 2. The van der Waals surface area contributed by atoms with E-state index in [-0.39, 0.29) is 55.5 Å². The quantitative estimate of drug-likeness (QED) is 0.185. The van der Waals surface area contributed by atoms with E-state index >= 15 is 0 Å². The molecule has 5 N–H and O–H groups in total. The first-order valence-electron chi connectivity index (χ1n) is 16.1. The summed E-state index contributed by atoms with van der Waals surface area (Å²) in [5, 5.41) is 8.44. The van der Waals surface area contributed by atoms with E-state index in [9.17, 15) is 33.6 Å². The van der Waals surface area contributed by atoms with Crippen molar-refractivity contribution >= 4 is 41.4 Å². The van der Waals surface area contributed by atoms with E-state index in [4.69, 9.17) is 5.73 Å². The fourth-order valence-electron chi connectivity index (χ4n) is 6.14. The first kappa shape index (κ1) is 36.0. The number of carbonyl (C=O) groups excluding carboxylic acids is 7. The number of Topliss-reactive ketones (excluding diaryl/α,β-unsaturated/α-hetero) is 1. The van der Waals surface area contributed by atoms with E-state index in [1.165, 1.54) is 9.80 Å². The fraction of sp³-hybridized carbons (Fsp3) is 0.781. The molecule has 3 aliphatic rings. The van der Waals surface area contributed by atoms with Crippen molar-refractivity contribution in [3.8, 4) is 0 Å². The SMILES string of the molecule is CC(C)C1CCN(C(=O)[C@@H](NC(=O)N[C@H](CN2C(=O)CCC2=O)C(C)(C)C)C(C)(C)C)[C@@H]1C(=O)NC(CC1CC1)C(=O)C(N)=O. The van der Waals surface area contributed by atoms with Crippen LogP contribution in [0.2, 0.25) is 0 Å². The highest BCUT2D eigenvalue weighted by molar-refractivity contribution is 6.37. The Labute approximate surface area is 266 Å². The summed E-state index contributed by atoms with van der Waals surface area (Å²) in [6.45, 7) is 15.3. The monoisotopic (exact) mass is 632 g/mol. The van der Waals surface area contributed by atoms with Crippen molar-refractivity contribution in [1.82, 2.24) is 25.8 Å². The molecule has 2 heterocycles. The number of primary amides is 1. The Hall–Kier alpha value is -3.51. The Balaban J connectivity index is 1.82. The van der Waals surface area contributed by atoms with Gasteiger partial charge in [0.05, 0.1) is 12.1 Å². The van der Waals surface area contributed by atoms with Crippen molar-refractivity contribution in [3.63, 3.8) is 0 Å². The maximum atomic E-state index is 14.2. The number of rotatable bonds is 12. The van der Waals surface area contributed by atoms with Gasteiger partial charge >= 0.3 is 6.03 Å². The minimum Gasteiger partial charge on any atom is -0.363 e. The van der Waals surface area contributed by atoms with Gasteiger partial charge in [-0.25, -0.2) is 4.79 Å². The number of nitrogens with one attached hydrogen (secondary N) is 3. The van der Waals surface area contributed by atoms with Gasteiger partial charge in [-0.3, -0.25) is 33.7 Å². The van der Waals surface area contributed by atoms with Gasteiger partial charge in [-0.2, -0.15) is 0 Å². The molecule has 1 aliphatic carbocycles. The highest BCUT2D eigenvalue weighted by atomic mass is 16.2. The summed E-state index contributed by atoms with van der Waals surface area (Å²) in [6, 6.07) is -4.24. The molecule has 2 aliphatic heterocycles. The summed E-state index contributed by atoms with van der Waals surface area (Å²) in [5.41, 5.74) is 3.99. The van der Waals surface area contributed by atoms with Gasteiger partial charge in [0.15, 0.2) is 0 Å². The van der Waals surface area contributed by atoms with Gasteiger partial charge < -0.3 is 26.6 Å². The minimum absolute atomic E-state index is 0.0131. The second kappa shape index (κ2) is 13.9. The predicted octanol–water partition coefficient (Wildman–Crippen LogP) is 1.48. The smallest absolute Gasteiger partial charge is 0.315 e. The molecule has 7 amide bonds. The Morgan fingerprint density at radius 1 is 0.867 bits per heavy atom. The van der Waals surface area contributed by atoms with Crippen molar-refractivity contribution in [2.45, 2.75) is 118 Å². The van der Waals surface area contributed by atoms with Crippen LogP contribution in [0.5, 0.6) is 0 Å². The largest absolute Gasteiger partial charge is 0.363 e. The third kappa shape index (κ3) is 9.03. The molecule has 45 heavy (non-hydrogen) atoms. The molecule has 0 bridgehead atoms. The van der Waals surface area contributed by atoms with Gasteiger partial charge in [0.1, 0.15) is 12.1 Å². The van der Waals surface area contributed by atoms with Crippen molar-refractivity contribution < 1.29 is 33.6 Å². The van der Waals surface area contributed by atoms with E-state index in [2.05, 4.69) is 16.0 Å². The molecule has 3 rings (SSSR count). The second-order valence-corrected chi connectivity index (χ2v) is 15.4. The topological polar surface area (TPSA) is 188 Å². The number of nitrogens with zero attached hydrogens (tertiary/aromatic N) is 2. The molecule has 13 heteroatoms. The van der Waals surface area contributed by atoms with Gasteiger partial charge in [-0.05, 0) is 41.4 Å². The van der Waals surface area contributed by atoms with Crippen LogP contribution in [0.4, 0.5) is 4.79 Å². The van der Waals surface area contributed by atoms with Crippen molar-refractivity contribution in [2.75, 3.05) is 13.1 Å². The van der Waals surface area contributed by atoms with Crippen LogP contribution in [0.15, 0.2) is 0 Å². The molecule has 0 aromatic rings. The molecule has 5 atom stereocenters. The minimum atomic E-state index is -1.12. The molecule has 0 aromatic carbocycles. The Morgan fingerprint density at radius 3 is 1.91 bits per heavy atom. The number of nitrogens with two attached hydrogens (primary N) is 1. The third-order valence-corrected chi connectivity index (χ3v) is 9.25. The van der Waals surface area contributed by atoms with Gasteiger partial charge in [0.2, 0.25) is 29.4 Å². The summed E-state index contributed by atoms with van der Waals surface area (Å²) >= 11 is 0. The van der Waals surface area contributed by atoms with Gasteiger partial charge in [-0.1, -0.05) is 68.2 Å². The lowest BCUT2D eigenvalue weighted by molar-refractivity contribution is -0.144. The summed E-state index contributed by atoms with van der Waals surface area (Å²) in [7, 11) is 0. The van der Waals surface area contributed by atoms with Crippen LogP contribution >= 0.6 is 0 Å². The van der Waals surface area contributed by atoms with Crippen LogP contribution in [0.25, 0.3) is 0 Å². The molecular weight excluding hydrogens is 580 g/mol. The number of ketones is 1. The molecule has 3 fully saturated rings. The van der Waals surface area contributed by atoms with Crippen molar-refractivity contribution in [1.29, 1.82) is 0 Å². The molecule has 0 radical (unpaired) electrons. The first-order valence-corrected chi connectivity index (χ1v) is 16.1. The van der Waals surface area contributed by atoms with Crippen LogP contribution in [-0.2, 0) is 28.8 Å². The molecule has 2 saturated heterocycles. The van der Waals surface area contributed by atoms with Gasteiger partial charge in [-0.15, -0.1) is 0 Å². The zero-order valence-corrected chi connectivity index (χ0v) is 28.0. The fourth-order valence-corrected chi connectivity index (χ4v) is 6.14. The lowest BCUT2D eigenvalue weighted by atomic mass is 9.84. The lowest BCUT2D eigenvalue weighted by Crippen LogP contribution is -2.62. The van der Waals surface area contributed by atoms with Crippen LogP contribution in [0, 0.1) is 28.6 Å². The second-order valence-electron chi connectivity index (χ2n) is 15.4. The number of urea groups is 1. The van der Waals surface area contributed by atoms with Crippen LogP contribution in [0.3, 0.4) is 0 Å². The highest BCUT2D eigenvalue weighted by Gasteiger charge is 2.48. The van der Waals surface area contributed by atoms with E-state index in [1.807, 2.05) is 34.6 Å². The number of hydrogen-bond acceptors (Lipinski definition) is 7. The maximum absolute atomic E-state index is 14.2. The Morgan fingerprint density at radius 2 is 1.44 bits per heavy atom. The molecule has 1 saturated carbocycles. The van der Waals surface area contributed by atoms with Crippen LogP contribution < -0.4 is 21.7 Å². The van der Waals surface area contributed by atoms with E-state index in [1.54, 1.807) is 20.8 Å². The molecule has 252 valence electrons. The predicted molar refractivity (Wildman–Crippen MR) is 166 cm³/mol. The van der Waals surface area contributed by atoms with Crippen LogP contribution in [0.1, 0.15) is 93.9 Å². The summed E-state index contributed by atoms with van der Waals surface area (Å²) in [5.74, 6) is -3.47. The average Bonchev–Trinajstić information content (AvgIpc) is 3.52. The summed E-state index contributed by atoms with van der Waals surface area (Å²) < 4.78 is 0. The standard InChI is InChI=1S/C32H52N6O7/c1-17(2)19-13-14-37(24(19)28(43)34-20(15-18-9-10-18)25(41)27(33)42)29(44)26(32(6,7)8)36-30(45)35-21(31(3,4)5)16-38-22(39)11-12-23(38)40/h17-21,24,26H,9-16H2,1-8H3,(H2,33,42)(H,34,43)(H2,35,36,45)/t19?,20?,21-,24+,26-/m1/s1. The maximum Gasteiger partial charge on any atom is 0.315 e. The number of amides is 7. The molecule has 13 nitrogen and oxygen atoms in total. The van der Waals surface area contributed by atoms with Gasteiger partial charge in [0, 0.05) is 25.9 Å². The average molecular weight is 633 g/mol. The normalized spacial score (nSPS) is 22.7. The summed E-state index contributed by atoms with van der Waals surface area (Å²) in [4.78, 5) is 93.0. The van der Waals surface area contributed by atoms with Gasteiger partial charge in [0.25, 0.3) is 5.91 Å².